The molecule has 0 saturated carbocycles. The predicted octanol–water partition coefficient (Wildman–Crippen LogP) is 3.86. The summed E-state index contributed by atoms with van der Waals surface area (Å²) in [6.07, 6.45) is 1.76. The van der Waals surface area contributed by atoms with Crippen molar-refractivity contribution in [2.24, 2.45) is 5.92 Å². The number of carbonyl (C=O) groups is 1. The molecule has 1 fully saturated rings. The van der Waals surface area contributed by atoms with Gasteiger partial charge in [0.25, 0.3) is 0 Å². The summed E-state index contributed by atoms with van der Waals surface area (Å²) in [5, 5.41) is 10.3. The lowest BCUT2D eigenvalue weighted by Crippen LogP contribution is -2.28. The van der Waals surface area contributed by atoms with Gasteiger partial charge in [0.15, 0.2) is 11.5 Å². The van der Waals surface area contributed by atoms with Gasteiger partial charge in [-0.1, -0.05) is 24.3 Å². The Morgan fingerprint density at radius 1 is 1.09 bits per heavy atom. The number of hydrogen-bond acceptors (Lipinski definition) is 6. The number of carboxylic acids is 1. The number of methoxy groups -OCH3 is 1. The highest BCUT2D eigenvalue weighted by atomic mass is 16.7. The van der Waals surface area contributed by atoms with Crippen molar-refractivity contribution in [3.8, 4) is 17.2 Å². The molecule has 2 aliphatic rings. The van der Waals surface area contributed by atoms with Crippen molar-refractivity contribution in [2.45, 2.75) is 18.5 Å². The number of pyridine rings is 1. The van der Waals surface area contributed by atoms with Crippen molar-refractivity contribution in [1.29, 1.82) is 0 Å². The van der Waals surface area contributed by atoms with Crippen LogP contribution in [0.5, 0.6) is 17.2 Å². The number of aromatic nitrogens is 1. The zero-order valence-corrected chi connectivity index (χ0v) is 17.7. The fourth-order valence-electron chi connectivity index (χ4n) is 4.77. The summed E-state index contributed by atoms with van der Waals surface area (Å²) >= 11 is 0. The van der Waals surface area contributed by atoms with Crippen LogP contribution in [0, 0.1) is 5.92 Å². The van der Waals surface area contributed by atoms with E-state index < -0.39 is 11.9 Å². The van der Waals surface area contributed by atoms with Gasteiger partial charge in [-0.05, 0) is 47.5 Å². The number of benzene rings is 2. The lowest BCUT2D eigenvalue weighted by Gasteiger charge is -2.27. The molecule has 0 unspecified atom stereocenters. The molecule has 2 aliphatic heterocycles. The maximum absolute atomic E-state index is 12.6. The number of aliphatic carboxylic acids is 1. The number of rotatable bonds is 6. The van der Waals surface area contributed by atoms with Gasteiger partial charge in [-0.2, -0.15) is 0 Å². The zero-order valence-electron chi connectivity index (χ0n) is 17.7. The third kappa shape index (κ3) is 3.76. The minimum absolute atomic E-state index is 0.187. The van der Waals surface area contributed by atoms with Crippen molar-refractivity contribution in [1.82, 2.24) is 9.88 Å². The summed E-state index contributed by atoms with van der Waals surface area (Å²) < 4.78 is 16.3. The lowest BCUT2D eigenvalue weighted by molar-refractivity contribution is -0.143. The Bertz CT molecular complexity index is 1100. The molecule has 0 amide bonds. The van der Waals surface area contributed by atoms with Gasteiger partial charge in [-0.15, -0.1) is 0 Å². The first-order chi connectivity index (χ1) is 15.6. The Morgan fingerprint density at radius 2 is 1.88 bits per heavy atom. The lowest BCUT2D eigenvalue weighted by atomic mass is 9.82. The quantitative estimate of drug-likeness (QED) is 0.633. The Labute approximate surface area is 186 Å². The second-order valence-electron chi connectivity index (χ2n) is 8.05. The molecule has 3 aromatic rings. The van der Waals surface area contributed by atoms with E-state index >= 15 is 0 Å². The SMILES string of the molecule is COc1ccc([C@@H]2[C@@H](C(=O)O)[C@@H](c3ccc4c(c3)OCO4)CN2Cc2ccccn2)cc1. The second-order valence-corrected chi connectivity index (χ2v) is 8.05. The molecule has 1 N–H and O–H groups in total. The molecule has 1 aromatic heterocycles. The highest BCUT2D eigenvalue weighted by Gasteiger charge is 2.47. The van der Waals surface area contributed by atoms with E-state index in [0.717, 1.165) is 22.6 Å². The van der Waals surface area contributed by atoms with Crippen LogP contribution in [-0.4, -0.2) is 41.4 Å². The molecule has 1 saturated heterocycles. The standard InChI is InChI=1S/C25H24N2O5/c1-30-19-8-5-16(6-9-19)24-23(25(28)29)20(14-27(24)13-18-4-2-3-11-26-18)17-7-10-21-22(12-17)32-15-31-21/h2-12,20,23-24H,13-15H2,1H3,(H,28,29)/t20-,23+,24-/m1/s1. The summed E-state index contributed by atoms with van der Waals surface area (Å²) in [5.41, 5.74) is 2.78. The molecular formula is C25H24N2O5. The molecule has 164 valence electrons. The third-order valence-electron chi connectivity index (χ3n) is 6.26. The number of carboxylic acid groups (broad SMARTS) is 1. The van der Waals surface area contributed by atoms with Crippen molar-refractivity contribution < 1.29 is 24.1 Å². The minimum Gasteiger partial charge on any atom is -0.497 e. The van der Waals surface area contributed by atoms with E-state index in [0.29, 0.717) is 24.6 Å². The summed E-state index contributed by atoms with van der Waals surface area (Å²) in [7, 11) is 1.62. The average Bonchev–Trinajstić information content (AvgIpc) is 3.44. The molecule has 32 heavy (non-hydrogen) atoms. The molecule has 0 radical (unpaired) electrons. The number of hydrogen-bond donors (Lipinski definition) is 1. The van der Waals surface area contributed by atoms with Crippen LogP contribution in [0.2, 0.25) is 0 Å². The molecule has 3 atom stereocenters. The first-order valence-corrected chi connectivity index (χ1v) is 10.5. The van der Waals surface area contributed by atoms with Gasteiger partial charge >= 0.3 is 5.97 Å². The Hall–Kier alpha value is -3.58. The Kier molecular flexibility index (Phi) is 5.41. The van der Waals surface area contributed by atoms with E-state index in [-0.39, 0.29) is 18.8 Å². The molecule has 3 heterocycles. The minimum atomic E-state index is -0.822. The first-order valence-electron chi connectivity index (χ1n) is 10.5. The van der Waals surface area contributed by atoms with Gasteiger partial charge < -0.3 is 19.3 Å². The third-order valence-corrected chi connectivity index (χ3v) is 6.26. The summed E-state index contributed by atoms with van der Waals surface area (Å²) in [6.45, 7) is 1.33. The fraction of sp³-hybridized carbons (Fsp3) is 0.280. The summed E-state index contributed by atoms with van der Waals surface area (Å²) in [5.74, 6) is 0.427. The van der Waals surface area contributed by atoms with E-state index in [1.807, 2.05) is 60.7 Å². The van der Waals surface area contributed by atoms with Gasteiger partial charge in [0.1, 0.15) is 5.75 Å². The topological polar surface area (TPSA) is 81.1 Å². The molecule has 0 bridgehead atoms. The normalized spacial score (nSPS) is 22.1. The van der Waals surface area contributed by atoms with Gasteiger partial charge in [0, 0.05) is 31.2 Å². The summed E-state index contributed by atoms with van der Waals surface area (Å²) in [6, 6.07) is 18.9. The van der Waals surface area contributed by atoms with Gasteiger partial charge in [0.2, 0.25) is 6.79 Å². The van der Waals surface area contributed by atoms with Gasteiger partial charge in [-0.3, -0.25) is 14.7 Å². The molecule has 0 spiro atoms. The maximum atomic E-state index is 12.6. The molecule has 2 aromatic carbocycles. The van der Waals surface area contributed by atoms with Gasteiger partial charge in [-0.25, -0.2) is 0 Å². The Morgan fingerprint density at radius 3 is 2.59 bits per heavy atom. The van der Waals surface area contributed by atoms with Crippen molar-refractivity contribution in [3.05, 3.63) is 83.7 Å². The van der Waals surface area contributed by atoms with Crippen LogP contribution in [0.1, 0.15) is 28.8 Å². The van der Waals surface area contributed by atoms with Crippen LogP contribution < -0.4 is 14.2 Å². The van der Waals surface area contributed by atoms with Crippen LogP contribution in [0.3, 0.4) is 0 Å². The molecular weight excluding hydrogens is 408 g/mol. The molecule has 0 aliphatic carbocycles. The largest absolute Gasteiger partial charge is 0.497 e. The maximum Gasteiger partial charge on any atom is 0.309 e. The smallest absolute Gasteiger partial charge is 0.309 e. The number of ether oxygens (including phenoxy) is 3. The molecule has 7 nitrogen and oxygen atoms in total. The van der Waals surface area contributed by atoms with Gasteiger partial charge in [0.05, 0.1) is 18.7 Å². The monoisotopic (exact) mass is 432 g/mol. The van der Waals surface area contributed by atoms with Crippen molar-refractivity contribution >= 4 is 5.97 Å². The zero-order chi connectivity index (χ0) is 22.1. The number of fused-ring (bicyclic) bond motifs is 1. The Balaban J connectivity index is 1.55. The van der Waals surface area contributed by atoms with Crippen LogP contribution in [0.4, 0.5) is 0 Å². The molecule has 5 rings (SSSR count). The highest BCUT2D eigenvalue weighted by Crippen LogP contribution is 2.48. The van der Waals surface area contributed by atoms with E-state index in [1.165, 1.54) is 0 Å². The second kappa shape index (κ2) is 8.51. The van der Waals surface area contributed by atoms with E-state index in [4.69, 9.17) is 14.2 Å². The first kappa shape index (κ1) is 20.3. The predicted molar refractivity (Wildman–Crippen MR) is 117 cm³/mol. The van der Waals surface area contributed by atoms with Crippen molar-refractivity contribution in [2.75, 3.05) is 20.4 Å². The van der Waals surface area contributed by atoms with E-state index in [1.54, 1.807) is 13.3 Å². The highest BCUT2D eigenvalue weighted by molar-refractivity contribution is 5.74. The average molecular weight is 432 g/mol. The molecule has 7 heteroatoms. The van der Waals surface area contributed by atoms with Crippen LogP contribution in [-0.2, 0) is 11.3 Å². The summed E-state index contributed by atoms with van der Waals surface area (Å²) in [4.78, 5) is 19.3. The van der Waals surface area contributed by atoms with E-state index in [2.05, 4.69) is 9.88 Å². The van der Waals surface area contributed by atoms with Crippen LogP contribution in [0.15, 0.2) is 66.9 Å². The van der Waals surface area contributed by atoms with Crippen LogP contribution >= 0.6 is 0 Å². The fourth-order valence-corrected chi connectivity index (χ4v) is 4.77. The number of likely N-dealkylation sites (tertiary alicyclic amines) is 1. The van der Waals surface area contributed by atoms with E-state index in [9.17, 15) is 9.90 Å². The number of nitrogens with zero attached hydrogens (tertiary/aromatic N) is 2. The van der Waals surface area contributed by atoms with Crippen molar-refractivity contribution in [3.63, 3.8) is 0 Å². The van der Waals surface area contributed by atoms with Crippen LogP contribution in [0.25, 0.3) is 0 Å².